The Bertz CT molecular complexity index is 581. The molecule has 0 atom stereocenters. The summed E-state index contributed by atoms with van der Waals surface area (Å²) in [6.07, 6.45) is 0. The van der Waals surface area contributed by atoms with Gasteiger partial charge in [-0.2, -0.15) is 0 Å². The van der Waals surface area contributed by atoms with Crippen LogP contribution in [-0.4, -0.2) is 11.1 Å². The molecule has 2 rings (SSSR count). The zero-order chi connectivity index (χ0) is 13.1. The molecule has 1 aromatic heterocycles. The number of rotatable bonds is 4. The van der Waals surface area contributed by atoms with E-state index in [0.717, 1.165) is 15.1 Å². The average molecular weight is 408 g/mol. The quantitative estimate of drug-likeness (QED) is 0.702. The summed E-state index contributed by atoms with van der Waals surface area (Å²) in [5.41, 5.74) is 0.297. The van der Waals surface area contributed by atoms with Gasteiger partial charge in [-0.3, -0.25) is 0 Å². The van der Waals surface area contributed by atoms with Crippen molar-refractivity contribution in [3.05, 3.63) is 49.0 Å². The van der Waals surface area contributed by atoms with Gasteiger partial charge in [-0.05, 0) is 61.5 Å². The molecule has 0 spiro atoms. The third-order valence-electron chi connectivity index (χ3n) is 2.23. The molecular weight excluding hydrogens is 400 g/mol. The molecule has 2 aromatic rings. The van der Waals surface area contributed by atoms with Crippen molar-refractivity contribution in [3.63, 3.8) is 0 Å². The molecule has 0 saturated heterocycles. The zero-order valence-corrected chi connectivity index (χ0v) is 13.8. The second kappa shape index (κ2) is 6.23. The highest BCUT2D eigenvalue weighted by atomic mass is 79.9. The van der Waals surface area contributed by atoms with Crippen LogP contribution in [0.15, 0.2) is 43.5 Å². The Balaban J connectivity index is 2.13. The van der Waals surface area contributed by atoms with Gasteiger partial charge in [0, 0.05) is 24.5 Å². The van der Waals surface area contributed by atoms with Crippen LogP contribution < -0.4 is 0 Å². The summed E-state index contributed by atoms with van der Waals surface area (Å²) in [7, 11) is 0. The predicted molar refractivity (Wildman–Crippen MR) is 82.7 cm³/mol. The number of thiophene rings is 1. The smallest absolute Gasteiger partial charge is 0.336 e. The molecule has 0 aliphatic heterocycles. The molecule has 1 N–H and O–H groups in total. The third-order valence-corrected chi connectivity index (χ3v) is 6.05. The fraction of sp³-hybridized carbons (Fsp3) is 0.0833. The van der Waals surface area contributed by atoms with Crippen molar-refractivity contribution in [2.24, 2.45) is 0 Å². The van der Waals surface area contributed by atoms with Crippen LogP contribution in [0.1, 0.15) is 15.2 Å². The molecule has 0 unspecified atom stereocenters. The summed E-state index contributed by atoms with van der Waals surface area (Å²) >= 11 is 10.0. The van der Waals surface area contributed by atoms with E-state index in [1.165, 1.54) is 4.88 Å². The molecule has 94 valence electrons. The lowest BCUT2D eigenvalue weighted by molar-refractivity contribution is 0.0695. The number of hydrogen-bond acceptors (Lipinski definition) is 3. The van der Waals surface area contributed by atoms with Crippen LogP contribution in [-0.2, 0) is 5.75 Å². The van der Waals surface area contributed by atoms with Crippen molar-refractivity contribution in [1.29, 1.82) is 0 Å². The Hall–Kier alpha value is -0.300. The Morgan fingerprint density at radius 3 is 2.67 bits per heavy atom. The Kier molecular flexibility index (Phi) is 4.89. The number of thioether (sulfide) groups is 1. The molecule has 0 radical (unpaired) electrons. The molecular formula is C12H8Br2O2S2. The van der Waals surface area contributed by atoms with E-state index >= 15 is 0 Å². The standard InChI is InChI=1S/C12H8Br2O2S2/c13-9-2-1-7(5-8(9)12(15)16)18-6-11-10(14)3-4-17-11/h1-5H,6H2,(H,15,16). The van der Waals surface area contributed by atoms with Gasteiger partial charge in [0.15, 0.2) is 0 Å². The van der Waals surface area contributed by atoms with Crippen molar-refractivity contribution in [2.45, 2.75) is 10.6 Å². The van der Waals surface area contributed by atoms with Crippen LogP contribution in [0.4, 0.5) is 0 Å². The predicted octanol–water partition coefficient (Wildman–Crippen LogP) is 5.26. The van der Waals surface area contributed by atoms with E-state index in [1.807, 2.05) is 17.5 Å². The van der Waals surface area contributed by atoms with Gasteiger partial charge in [0.25, 0.3) is 0 Å². The van der Waals surface area contributed by atoms with E-state index < -0.39 is 5.97 Å². The molecule has 0 fully saturated rings. The molecule has 0 aliphatic rings. The third kappa shape index (κ3) is 3.38. The molecule has 0 saturated carbocycles. The largest absolute Gasteiger partial charge is 0.478 e. The van der Waals surface area contributed by atoms with Crippen molar-refractivity contribution in [1.82, 2.24) is 0 Å². The van der Waals surface area contributed by atoms with Crippen LogP contribution in [0.25, 0.3) is 0 Å². The highest BCUT2D eigenvalue weighted by molar-refractivity contribution is 9.10. The van der Waals surface area contributed by atoms with Gasteiger partial charge in [0.05, 0.1) is 5.56 Å². The Labute approximate surface area is 130 Å². The topological polar surface area (TPSA) is 37.3 Å². The van der Waals surface area contributed by atoms with E-state index in [1.54, 1.807) is 35.2 Å². The van der Waals surface area contributed by atoms with E-state index in [4.69, 9.17) is 5.11 Å². The van der Waals surface area contributed by atoms with Crippen molar-refractivity contribution in [3.8, 4) is 0 Å². The lowest BCUT2D eigenvalue weighted by Crippen LogP contribution is -1.97. The number of benzene rings is 1. The molecule has 18 heavy (non-hydrogen) atoms. The molecule has 6 heteroatoms. The van der Waals surface area contributed by atoms with Gasteiger partial charge in [-0.25, -0.2) is 4.79 Å². The van der Waals surface area contributed by atoms with E-state index in [0.29, 0.717) is 10.0 Å². The second-order valence-electron chi connectivity index (χ2n) is 3.43. The van der Waals surface area contributed by atoms with Gasteiger partial charge in [0.2, 0.25) is 0 Å². The maximum atomic E-state index is 11.0. The molecule has 0 aliphatic carbocycles. The number of hydrogen-bond donors (Lipinski definition) is 1. The van der Waals surface area contributed by atoms with Gasteiger partial charge >= 0.3 is 5.97 Å². The van der Waals surface area contributed by atoms with Gasteiger partial charge < -0.3 is 5.11 Å². The Morgan fingerprint density at radius 2 is 2.06 bits per heavy atom. The first kappa shape index (κ1) is 14.1. The highest BCUT2D eigenvalue weighted by Gasteiger charge is 2.10. The molecule has 0 bridgehead atoms. The summed E-state index contributed by atoms with van der Waals surface area (Å²) in [5.74, 6) is -0.0829. The van der Waals surface area contributed by atoms with Crippen molar-refractivity contribution < 1.29 is 9.90 Å². The van der Waals surface area contributed by atoms with Gasteiger partial charge in [-0.1, -0.05) is 0 Å². The minimum absolute atomic E-state index is 0.297. The first-order valence-electron chi connectivity index (χ1n) is 4.95. The number of halogens is 2. The minimum Gasteiger partial charge on any atom is -0.478 e. The normalized spacial score (nSPS) is 10.6. The summed E-state index contributed by atoms with van der Waals surface area (Å²) in [4.78, 5) is 13.2. The highest BCUT2D eigenvalue weighted by Crippen LogP contribution is 2.32. The second-order valence-corrected chi connectivity index (χ2v) is 7.19. The molecule has 2 nitrogen and oxygen atoms in total. The fourth-order valence-corrected chi connectivity index (χ4v) is 4.48. The number of carboxylic acid groups (broad SMARTS) is 1. The lowest BCUT2D eigenvalue weighted by Gasteiger charge is -2.04. The first-order valence-corrected chi connectivity index (χ1v) is 8.40. The molecule has 0 amide bonds. The first-order chi connectivity index (χ1) is 8.58. The van der Waals surface area contributed by atoms with E-state index in [9.17, 15) is 4.79 Å². The van der Waals surface area contributed by atoms with Crippen molar-refractivity contribution >= 4 is 60.9 Å². The van der Waals surface area contributed by atoms with E-state index in [-0.39, 0.29) is 0 Å². The monoisotopic (exact) mass is 406 g/mol. The Morgan fingerprint density at radius 1 is 1.28 bits per heavy atom. The van der Waals surface area contributed by atoms with Crippen LogP contribution in [0.2, 0.25) is 0 Å². The maximum absolute atomic E-state index is 11.0. The molecule has 1 aromatic carbocycles. The van der Waals surface area contributed by atoms with Gasteiger partial charge in [-0.15, -0.1) is 23.1 Å². The van der Waals surface area contributed by atoms with Crippen LogP contribution in [0.5, 0.6) is 0 Å². The van der Waals surface area contributed by atoms with E-state index in [2.05, 4.69) is 31.9 Å². The lowest BCUT2D eigenvalue weighted by atomic mass is 10.2. The van der Waals surface area contributed by atoms with Crippen LogP contribution >= 0.6 is 55.0 Å². The van der Waals surface area contributed by atoms with Crippen LogP contribution in [0.3, 0.4) is 0 Å². The molecule has 1 heterocycles. The summed E-state index contributed by atoms with van der Waals surface area (Å²) in [6.45, 7) is 0. The SMILES string of the molecule is O=C(O)c1cc(SCc2sccc2Br)ccc1Br. The van der Waals surface area contributed by atoms with Crippen molar-refractivity contribution in [2.75, 3.05) is 0 Å². The van der Waals surface area contributed by atoms with Crippen LogP contribution in [0, 0.1) is 0 Å². The summed E-state index contributed by atoms with van der Waals surface area (Å²) in [5, 5.41) is 11.1. The number of aromatic carboxylic acids is 1. The fourth-order valence-electron chi connectivity index (χ4n) is 1.34. The maximum Gasteiger partial charge on any atom is 0.336 e. The van der Waals surface area contributed by atoms with Gasteiger partial charge in [0.1, 0.15) is 0 Å². The average Bonchev–Trinajstić information content (AvgIpc) is 2.73. The number of carbonyl (C=O) groups is 1. The number of carboxylic acids is 1. The zero-order valence-electron chi connectivity index (χ0n) is 9.02. The minimum atomic E-state index is -0.915. The summed E-state index contributed by atoms with van der Waals surface area (Å²) in [6, 6.07) is 7.40. The summed E-state index contributed by atoms with van der Waals surface area (Å²) < 4.78 is 1.72.